The highest BCUT2D eigenvalue weighted by atomic mass is 16.5. The molecule has 0 aliphatic rings. The molecule has 0 spiro atoms. The fourth-order valence-corrected chi connectivity index (χ4v) is 1.29. The van der Waals surface area contributed by atoms with Crippen molar-refractivity contribution in [1.29, 1.82) is 0 Å². The summed E-state index contributed by atoms with van der Waals surface area (Å²) in [5.41, 5.74) is 0. The molecule has 0 rings (SSSR count). The van der Waals surface area contributed by atoms with E-state index in [1.54, 1.807) is 0 Å². The number of carbonyl (C=O) groups is 2. The molecule has 0 radical (unpaired) electrons. The molecule has 0 saturated carbocycles. The molecule has 5 nitrogen and oxygen atoms in total. The van der Waals surface area contributed by atoms with Gasteiger partial charge in [0.25, 0.3) is 0 Å². The molecular formula is C12H23NO4. The van der Waals surface area contributed by atoms with Gasteiger partial charge in [0.05, 0.1) is 20.3 Å². The van der Waals surface area contributed by atoms with E-state index in [2.05, 4.69) is 10.1 Å². The van der Waals surface area contributed by atoms with Gasteiger partial charge in [0.15, 0.2) is 0 Å². The molecule has 0 aromatic rings. The van der Waals surface area contributed by atoms with Crippen LogP contribution in [0.2, 0.25) is 0 Å². The first kappa shape index (κ1) is 15.9. The van der Waals surface area contributed by atoms with Gasteiger partial charge in [0.1, 0.15) is 6.04 Å². The van der Waals surface area contributed by atoms with Crippen LogP contribution < -0.4 is 5.32 Å². The fraction of sp³-hybridized carbons (Fsp3) is 0.833. The second-order valence-corrected chi connectivity index (χ2v) is 4.20. The quantitative estimate of drug-likeness (QED) is 0.513. The van der Waals surface area contributed by atoms with Crippen LogP contribution in [0.3, 0.4) is 0 Å². The lowest BCUT2D eigenvalue weighted by molar-refractivity contribution is -0.146. The standard InChI is InChI=1S/C12H23NO4/c1-5-6-7-17-10(14)8-13-11(9(2)3)12(15)16-4/h9,11,13H,5-8H2,1-4H3. The number of hydrogen-bond donors (Lipinski definition) is 1. The second kappa shape index (κ2) is 8.98. The van der Waals surface area contributed by atoms with Gasteiger partial charge in [-0.15, -0.1) is 0 Å². The van der Waals surface area contributed by atoms with Crippen molar-refractivity contribution in [2.75, 3.05) is 20.3 Å². The summed E-state index contributed by atoms with van der Waals surface area (Å²) in [4.78, 5) is 22.7. The SMILES string of the molecule is CCCCOC(=O)CNC(C(=O)OC)C(C)C. The number of unbranched alkanes of at least 4 members (excludes halogenated alkanes) is 1. The summed E-state index contributed by atoms with van der Waals surface area (Å²) in [5, 5.41) is 2.85. The first-order chi connectivity index (χ1) is 8.02. The maximum atomic E-state index is 11.4. The van der Waals surface area contributed by atoms with Gasteiger partial charge in [0, 0.05) is 0 Å². The molecule has 0 amide bonds. The first-order valence-corrected chi connectivity index (χ1v) is 5.99. The van der Waals surface area contributed by atoms with E-state index < -0.39 is 6.04 Å². The van der Waals surface area contributed by atoms with Crippen LogP contribution in [-0.4, -0.2) is 38.2 Å². The Balaban J connectivity index is 3.96. The van der Waals surface area contributed by atoms with Gasteiger partial charge in [-0.05, 0) is 12.3 Å². The van der Waals surface area contributed by atoms with E-state index in [0.29, 0.717) is 6.61 Å². The Labute approximate surface area is 103 Å². The van der Waals surface area contributed by atoms with Gasteiger partial charge in [-0.2, -0.15) is 0 Å². The molecular weight excluding hydrogens is 222 g/mol. The number of hydrogen-bond acceptors (Lipinski definition) is 5. The van der Waals surface area contributed by atoms with Crippen LogP contribution >= 0.6 is 0 Å². The Bertz CT molecular complexity index is 241. The molecule has 0 heterocycles. The molecule has 1 unspecified atom stereocenters. The normalized spacial score (nSPS) is 12.3. The lowest BCUT2D eigenvalue weighted by atomic mass is 10.1. The third-order valence-corrected chi connectivity index (χ3v) is 2.35. The minimum absolute atomic E-state index is 0.0294. The van der Waals surface area contributed by atoms with Gasteiger partial charge in [0.2, 0.25) is 0 Å². The number of nitrogens with one attached hydrogen (secondary N) is 1. The Morgan fingerprint density at radius 2 is 1.94 bits per heavy atom. The maximum Gasteiger partial charge on any atom is 0.323 e. The van der Waals surface area contributed by atoms with Crippen LogP contribution in [0.15, 0.2) is 0 Å². The van der Waals surface area contributed by atoms with Gasteiger partial charge >= 0.3 is 11.9 Å². The van der Waals surface area contributed by atoms with Gasteiger partial charge in [-0.1, -0.05) is 27.2 Å². The van der Waals surface area contributed by atoms with E-state index in [1.807, 2.05) is 20.8 Å². The van der Waals surface area contributed by atoms with E-state index in [9.17, 15) is 9.59 Å². The van der Waals surface area contributed by atoms with Crippen molar-refractivity contribution in [1.82, 2.24) is 5.32 Å². The van der Waals surface area contributed by atoms with Crippen LogP contribution in [0.1, 0.15) is 33.6 Å². The molecule has 0 aliphatic carbocycles. The summed E-state index contributed by atoms with van der Waals surface area (Å²) < 4.78 is 9.62. The van der Waals surface area contributed by atoms with Crippen molar-refractivity contribution < 1.29 is 19.1 Å². The number of rotatable bonds is 8. The second-order valence-electron chi connectivity index (χ2n) is 4.20. The summed E-state index contributed by atoms with van der Waals surface area (Å²) >= 11 is 0. The molecule has 0 fully saturated rings. The van der Waals surface area contributed by atoms with E-state index in [0.717, 1.165) is 12.8 Å². The van der Waals surface area contributed by atoms with E-state index in [1.165, 1.54) is 7.11 Å². The van der Waals surface area contributed by atoms with Crippen LogP contribution in [0, 0.1) is 5.92 Å². The zero-order valence-corrected chi connectivity index (χ0v) is 11.1. The zero-order valence-electron chi connectivity index (χ0n) is 11.1. The summed E-state index contributed by atoms with van der Waals surface area (Å²) in [5.74, 6) is -0.639. The minimum atomic E-state index is -0.473. The first-order valence-electron chi connectivity index (χ1n) is 5.99. The third kappa shape index (κ3) is 6.94. The van der Waals surface area contributed by atoms with Crippen molar-refractivity contribution in [3.63, 3.8) is 0 Å². The van der Waals surface area contributed by atoms with Crippen LogP contribution in [0.25, 0.3) is 0 Å². The predicted octanol–water partition coefficient (Wildman–Crippen LogP) is 1.12. The van der Waals surface area contributed by atoms with Gasteiger partial charge < -0.3 is 9.47 Å². The van der Waals surface area contributed by atoms with Crippen molar-refractivity contribution in [2.24, 2.45) is 5.92 Å². The van der Waals surface area contributed by atoms with Gasteiger partial charge in [-0.3, -0.25) is 14.9 Å². The number of esters is 2. The Hall–Kier alpha value is -1.10. The smallest absolute Gasteiger partial charge is 0.323 e. The van der Waals surface area contributed by atoms with E-state index in [4.69, 9.17) is 4.74 Å². The molecule has 0 aliphatic heterocycles. The number of methoxy groups -OCH3 is 1. The summed E-state index contributed by atoms with van der Waals surface area (Å²) in [7, 11) is 1.33. The molecule has 0 saturated heterocycles. The molecule has 100 valence electrons. The monoisotopic (exact) mass is 245 g/mol. The third-order valence-electron chi connectivity index (χ3n) is 2.35. The van der Waals surface area contributed by atoms with Crippen LogP contribution in [-0.2, 0) is 19.1 Å². The summed E-state index contributed by atoms with van der Waals surface area (Å²) in [6.07, 6.45) is 1.84. The van der Waals surface area contributed by atoms with E-state index in [-0.39, 0.29) is 24.4 Å². The number of carbonyl (C=O) groups excluding carboxylic acids is 2. The minimum Gasteiger partial charge on any atom is -0.468 e. The summed E-state index contributed by atoms with van der Waals surface area (Å²) in [6.45, 7) is 6.26. The van der Waals surface area contributed by atoms with Crippen molar-refractivity contribution >= 4 is 11.9 Å². The molecule has 0 bridgehead atoms. The highest BCUT2D eigenvalue weighted by molar-refractivity contribution is 5.77. The van der Waals surface area contributed by atoms with Crippen molar-refractivity contribution in [3.05, 3.63) is 0 Å². The Morgan fingerprint density at radius 3 is 2.41 bits per heavy atom. The summed E-state index contributed by atoms with van der Waals surface area (Å²) in [6, 6.07) is -0.473. The lowest BCUT2D eigenvalue weighted by Gasteiger charge is -2.19. The maximum absolute atomic E-state index is 11.4. The Morgan fingerprint density at radius 1 is 1.29 bits per heavy atom. The molecule has 0 aromatic carbocycles. The number of ether oxygens (including phenoxy) is 2. The van der Waals surface area contributed by atoms with Crippen LogP contribution in [0.4, 0.5) is 0 Å². The highest BCUT2D eigenvalue weighted by Gasteiger charge is 2.23. The van der Waals surface area contributed by atoms with E-state index >= 15 is 0 Å². The molecule has 0 aromatic heterocycles. The average molecular weight is 245 g/mol. The topological polar surface area (TPSA) is 64.6 Å². The van der Waals surface area contributed by atoms with Crippen molar-refractivity contribution in [3.8, 4) is 0 Å². The highest BCUT2D eigenvalue weighted by Crippen LogP contribution is 2.03. The van der Waals surface area contributed by atoms with Gasteiger partial charge in [-0.25, -0.2) is 0 Å². The Kier molecular flexibility index (Phi) is 8.40. The van der Waals surface area contributed by atoms with Crippen LogP contribution in [0.5, 0.6) is 0 Å². The lowest BCUT2D eigenvalue weighted by Crippen LogP contribution is -2.44. The predicted molar refractivity (Wildman–Crippen MR) is 64.5 cm³/mol. The average Bonchev–Trinajstić information content (AvgIpc) is 2.28. The largest absolute Gasteiger partial charge is 0.468 e. The van der Waals surface area contributed by atoms with Crippen molar-refractivity contribution in [2.45, 2.75) is 39.7 Å². The molecule has 1 N–H and O–H groups in total. The molecule has 5 heteroatoms. The molecule has 17 heavy (non-hydrogen) atoms. The zero-order chi connectivity index (χ0) is 13.3. The molecule has 1 atom stereocenters. The fourth-order valence-electron chi connectivity index (χ4n) is 1.29.